The van der Waals surface area contributed by atoms with E-state index < -0.39 is 5.54 Å². The minimum atomic E-state index is -0.644. The van der Waals surface area contributed by atoms with E-state index in [1.54, 1.807) is 6.20 Å². The molecule has 102 valence electrons. The normalized spacial score (nSPS) is 16.3. The van der Waals surface area contributed by atoms with Crippen LogP contribution in [0.1, 0.15) is 31.4 Å². The summed E-state index contributed by atoms with van der Waals surface area (Å²) in [5, 5.41) is 2.85. The van der Waals surface area contributed by atoms with Gasteiger partial charge in [0.2, 0.25) is 5.91 Å². The SMILES string of the molecule is Cl.Cl.NC1(C(=O)NCc2ccccn2)CCCC1. The summed E-state index contributed by atoms with van der Waals surface area (Å²) in [6, 6.07) is 5.65. The molecule has 6 heteroatoms. The standard InChI is InChI=1S/C12H17N3O.2ClH/c13-12(6-2-3-7-12)11(16)15-9-10-5-1-4-8-14-10;;/h1,4-5,8H,2-3,6-7,9,13H2,(H,15,16);2*1H. The van der Waals surface area contributed by atoms with Crippen LogP contribution in [0.2, 0.25) is 0 Å². The topological polar surface area (TPSA) is 68.0 Å². The fourth-order valence-corrected chi connectivity index (χ4v) is 2.08. The summed E-state index contributed by atoms with van der Waals surface area (Å²) < 4.78 is 0. The first-order chi connectivity index (χ1) is 7.71. The molecule has 1 aliphatic rings. The molecule has 0 atom stereocenters. The number of carbonyl (C=O) groups excluding carboxylic acids is 1. The molecule has 1 aromatic rings. The van der Waals surface area contributed by atoms with E-state index in [1.165, 1.54) is 0 Å². The van der Waals surface area contributed by atoms with E-state index in [0.29, 0.717) is 6.54 Å². The molecule has 1 heterocycles. The lowest BCUT2D eigenvalue weighted by Crippen LogP contribution is -2.51. The van der Waals surface area contributed by atoms with Crippen molar-refractivity contribution in [2.75, 3.05) is 0 Å². The zero-order valence-corrected chi connectivity index (χ0v) is 11.7. The number of nitrogens with one attached hydrogen (secondary N) is 1. The van der Waals surface area contributed by atoms with Crippen LogP contribution in [-0.4, -0.2) is 16.4 Å². The molecule has 0 bridgehead atoms. The molecule has 18 heavy (non-hydrogen) atoms. The number of aromatic nitrogens is 1. The number of halogens is 2. The molecular weight excluding hydrogens is 273 g/mol. The molecule has 1 saturated carbocycles. The van der Waals surface area contributed by atoms with Gasteiger partial charge in [-0.2, -0.15) is 0 Å². The van der Waals surface area contributed by atoms with Gasteiger partial charge in [-0.15, -0.1) is 24.8 Å². The quantitative estimate of drug-likeness (QED) is 0.893. The van der Waals surface area contributed by atoms with Gasteiger partial charge in [-0.1, -0.05) is 18.9 Å². The van der Waals surface area contributed by atoms with Gasteiger partial charge in [0.1, 0.15) is 0 Å². The number of nitrogens with two attached hydrogens (primary N) is 1. The number of nitrogens with zero attached hydrogens (tertiary/aromatic N) is 1. The summed E-state index contributed by atoms with van der Waals surface area (Å²) in [5.74, 6) is -0.0457. The zero-order chi connectivity index (χ0) is 11.4. The molecule has 4 nitrogen and oxygen atoms in total. The molecule has 1 aliphatic carbocycles. The third-order valence-electron chi connectivity index (χ3n) is 3.10. The molecular formula is C12H19Cl2N3O. The molecule has 2 rings (SSSR count). The van der Waals surface area contributed by atoms with Gasteiger partial charge in [0.05, 0.1) is 17.8 Å². The Labute approximate surface area is 120 Å². The van der Waals surface area contributed by atoms with Gasteiger partial charge in [0, 0.05) is 6.20 Å². The maximum atomic E-state index is 11.9. The van der Waals surface area contributed by atoms with Crippen LogP contribution in [0.25, 0.3) is 0 Å². The van der Waals surface area contributed by atoms with Crippen LogP contribution in [0.5, 0.6) is 0 Å². The Morgan fingerprint density at radius 2 is 2.00 bits per heavy atom. The molecule has 1 aromatic heterocycles. The van der Waals surface area contributed by atoms with Gasteiger partial charge in [-0.05, 0) is 25.0 Å². The van der Waals surface area contributed by atoms with Crippen LogP contribution in [-0.2, 0) is 11.3 Å². The van der Waals surface area contributed by atoms with Crippen molar-refractivity contribution < 1.29 is 4.79 Å². The van der Waals surface area contributed by atoms with E-state index in [1.807, 2.05) is 18.2 Å². The second-order valence-electron chi connectivity index (χ2n) is 4.37. The fourth-order valence-electron chi connectivity index (χ4n) is 2.08. The number of rotatable bonds is 3. The smallest absolute Gasteiger partial charge is 0.240 e. The van der Waals surface area contributed by atoms with Crippen LogP contribution in [0.4, 0.5) is 0 Å². The van der Waals surface area contributed by atoms with Crippen molar-refractivity contribution in [1.29, 1.82) is 0 Å². The van der Waals surface area contributed by atoms with E-state index in [-0.39, 0.29) is 30.7 Å². The Bertz CT molecular complexity index is 367. The van der Waals surface area contributed by atoms with Crippen LogP contribution in [0.15, 0.2) is 24.4 Å². The van der Waals surface area contributed by atoms with Crippen LogP contribution >= 0.6 is 24.8 Å². The first-order valence-corrected chi connectivity index (χ1v) is 5.68. The van der Waals surface area contributed by atoms with Crippen molar-refractivity contribution in [3.63, 3.8) is 0 Å². The Morgan fingerprint density at radius 1 is 1.33 bits per heavy atom. The van der Waals surface area contributed by atoms with E-state index in [0.717, 1.165) is 31.4 Å². The van der Waals surface area contributed by atoms with Gasteiger partial charge in [0.15, 0.2) is 0 Å². The lowest BCUT2D eigenvalue weighted by molar-refractivity contribution is -0.126. The van der Waals surface area contributed by atoms with Crippen molar-refractivity contribution in [3.05, 3.63) is 30.1 Å². The third-order valence-corrected chi connectivity index (χ3v) is 3.10. The van der Waals surface area contributed by atoms with Crippen molar-refractivity contribution in [3.8, 4) is 0 Å². The number of hydrogen-bond acceptors (Lipinski definition) is 3. The van der Waals surface area contributed by atoms with Gasteiger partial charge in [0.25, 0.3) is 0 Å². The Morgan fingerprint density at radius 3 is 2.56 bits per heavy atom. The average molecular weight is 292 g/mol. The molecule has 0 spiro atoms. The molecule has 0 aromatic carbocycles. The summed E-state index contributed by atoms with van der Waals surface area (Å²) in [6.07, 6.45) is 5.40. The van der Waals surface area contributed by atoms with Gasteiger partial charge >= 0.3 is 0 Å². The van der Waals surface area contributed by atoms with Gasteiger partial charge in [-0.3, -0.25) is 9.78 Å². The number of pyridine rings is 1. The number of hydrogen-bond donors (Lipinski definition) is 2. The van der Waals surface area contributed by atoms with Crippen molar-refractivity contribution >= 4 is 30.7 Å². The highest BCUT2D eigenvalue weighted by atomic mass is 35.5. The fraction of sp³-hybridized carbons (Fsp3) is 0.500. The average Bonchev–Trinajstić information content (AvgIpc) is 2.76. The van der Waals surface area contributed by atoms with Crippen molar-refractivity contribution in [2.24, 2.45) is 5.73 Å². The molecule has 1 fully saturated rings. The first-order valence-electron chi connectivity index (χ1n) is 5.68. The predicted molar refractivity (Wildman–Crippen MR) is 76.0 cm³/mol. The summed E-state index contributed by atoms with van der Waals surface area (Å²) in [4.78, 5) is 16.0. The third kappa shape index (κ3) is 4.12. The molecule has 0 radical (unpaired) electrons. The highest BCUT2D eigenvalue weighted by Gasteiger charge is 2.36. The minimum absolute atomic E-state index is 0. The Balaban J connectivity index is 0.00000144. The van der Waals surface area contributed by atoms with Gasteiger partial charge < -0.3 is 11.1 Å². The lowest BCUT2D eigenvalue weighted by atomic mass is 9.98. The maximum absolute atomic E-state index is 11.9. The maximum Gasteiger partial charge on any atom is 0.240 e. The zero-order valence-electron chi connectivity index (χ0n) is 10.1. The van der Waals surface area contributed by atoms with E-state index in [2.05, 4.69) is 10.3 Å². The Kier molecular flexibility index (Phi) is 7.21. The second-order valence-corrected chi connectivity index (χ2v) is 4.37. The molecule has 0 saturated heterocycles. The number of amides is 1. The number of carbonyl (C=O) groups is 1. The van der Waals surface area contributed by atoms with E-state index in [4.69, 9.17) is 5.73 Å². The lowest BCUT2D eigenvalue weighted by Gasteiger charge is -2.22. The van der Waals surface area contributed by atoms with E-state index in [9.17, 15) is 4.79 Å². The van der Waals surface area contributed by atoms with Gasteiger partial charge in [-0.25, -0.2) is 0 Å². The van der Waals surface area contributed by atoms with Crippen LogP contribution in [0.3, 0.4) is 0 Å². The summed E-state index contributed by atoms with van der Waals surface area (Å²) in [5.41, 5.74) is 6.25. The molecule has 1 amide bonds. The highest BCUT2D eigenvalue weighted by Crippen LogP contribution is 2.27. The molecule has 0 unspecified atom stereocenters. The summed E-state index contributed by atoms with van der Waals surface area (Å²) in [6.45, 7) is 0.457. The monoisotopic (exact) mass is 291 g/mol. The van der Waals surface area contributed by atoms with Crippen LogP contribution in [0, 0.1) is 0 Å². The predicted octanol–water partition coefficient (Wildman–Crippen LogP) is 1.81. The van der Waals surface area contributed by atoms with Crippen molar-refractivity contribution in [1.82, 2.24) is 10.3 Å². The molecule has 0 aliphatic heterocycles. The minimum Gasteiger partial charge on any atom is -0.349 e. The molecule has 3 N–H and O–H groups in total. The highest BCUT2D eigenvalue weighted by molar-refractivity contribution is 5.86. The van der Waals surface area contributed by atoms with Crippen LogP contribution < -0.4 is 11.1 Å². The largest absolute Gasteiger partial charge is 0.349 e. The van der Waals surface area contributed by atoms with Crippen molar-refractivity contribution in [2.45, 2.75) is 37.8 Å². The summed E-state index contributed by atoms with van der Waals surface area (Å²) in [7, 11) is 0. The first kappa shape index (κ1) is 17.2. The second kappa shape index (κ2) is 7.56. The van der Waals surface area contributed by atoms with E-state index >= 15 is 0 Å². The Hall–Kier alpha value is -0.840. The summed E-state index contributed by atoms with van der Waals surface area (Å²) >= 11 is 0.